The van der Waals surface area contributed by atoms with E-state index in [0.717, 1.165) is 28.3 Å². The van der Waals surface area contributed by atoms with E-state index in [4.69, 9.17) is 0 Å². The normalized spacial score (nSPS) is 11.3. The quantitative estimate of drug-likeness (QED) is 0.150. The summed E-state index contributed by atoms with van der Waals surface area (Å²) in [5, 5.41) is 4.94. The lowest BCUT2D eigenvalue weighted by Gasteiger charge is -2.28. The summed E-state index contributed by atoms with van der Waals surface area (Å²) in [6.45, 7) is 0. The van der Waals surface area contributed by atoms with E-state index < -0.39 is 0 Å². The first-order valence-electron chi connectivity index (χ1n) is 20.6. The van der Waals surface area contributed by atoms with Gasteiger partial charge in [-0.05, 0) is 104 Å². The summed E-state index contributed by atoms with van der Waals surface area (Å²) >= 11 is 0. The molecule has 0 unspecified atom stereocenters. The first-order chi connectivity index (χ1) is 29.8. The van der Waals surface area contributed by atoms with Crippen LogP contribution in [0.4, 0.5) is 17.1 Å². The Kier molecular flexibility index (Phi) is 8.87. The van der Waals surface area contributed by atoms with Gasteiger partial charge in [0.15, 0.2) is 0 Å². The van der Waals surface area contributed by atoms with Gasteiger partial charge in [0.25, 0.3) is 0 Å². The fourth-order valence-electron chi connectivity index (χ4n) is 8.90. The molecule has 0 amide bonds. The van der Waals surface area contributed by atoms with Crippen molar-refractivity contribution in [3.8, 4) is 50.2 Å². The van der Waals surface area contributed by atoms with Crippen LogP contribution in [-0.2, 0) is 0 Å². The molecule has 0 spiro atoms. The van der Waals surface area contributed by atoms with E-state index in [9.17, 15) is 0 Å². The van der Waals surface area contributed by atoms with Crippen molar-refractivity contribution in [3.05, 3.63) is 243 Å². The van der Waals surface area contributed by atoms with Crippen LogP contribution in [-0.4, -0.2) is 4.57 Å². The largest absolute Gasteiger partial charge is 0.310 e. The van der Waals surface area contributed by atoms with Crippen LogP contribution < -0.4 is 4.90 Å². The minimum absolute atomic E-state index is 1.09. The minimum Gasteiger partial charge on any atom is -0.310 e. The maximum absolute atomic E-state index is 2.42. The number of anilines is 3. The monoisotopic (exact) mass is 764 g/mol. The second kappa shape index (κ2) is 15.1. The van der Waals surface area contributed by atoms with Crippen molar-refractivity contribution in [2.24, 2.45) is 0 Å². The Morgan fingerprint density at radius 2 is 0.800 bits per heavy atom. The van der Waals surface area contributed by atoms with E-state index in [1.54, 1.807) is 0 Å². The fraction of sp³-hybridized carbons (Fsp3) is 0. The van der Waals surface area contributed by atoms with Gasteiger partial charge in [0.1, 0.15) is 0 Å². The van der Waals surface area contributed by atoms with Crippen LogP contribution in [0.2, 0.25) is 0 Å². The molecule has 0 aliphatic carbocycles. The highest BCUT2D eigenvalue weighted by molar-refractivity contribution is 6.10. The summed E-state index contributed by atoms with van der Waals surface area (Å²) in [6, 6.07) is 87.9. The number of benzene rings is 10. The Balaban J connectivity index is 1.06. The molecule has 0 atom stereocenters. The highest BCUT2D eigenvalue weighted by Crippen LogP contribution is 2.44. The van der Waals surface area contributed by atoms with Gasteiger partial charge in [-0.2, -0.15) is 0 Å². The van der Waals surface area contributed by atoms with Gasteiger partial charge in [0, 0.05) is 33.4 Å². The molecule has 0 aliphatic heterocycles. The molecule has 10 aromatic carbocycles. The Bertz CT molecular complexity index is 3290. The summed E-state index contributed by atoms with van der Waals surface area (Å²) < 4.78 is 2.42. The zero-order chi connectivity index (χ0) is 39.8. The SMILES string of the molecule is c1ccc(-c2ccccc2-c2ccc(-n3c4ccccc4c4ccc(N(c5ccc(-c6ccc7ccccc7c6)cc5)c5ccccc5-c5ccccc5)cc43)cc2)cc1. The first-order valence-corrected chi connectivity index (χ1v) is 20.6. The standard InChI is InChI=1S/C58H40N2/c1-3-16-43(17-4-1)51-21-9-10-22-52(51)45-31-35-49(36-32-45)60-57-26-14-12-24-54(57)55-38-37-50(40-58(55)60)59(56-25-13-11-23-53(56)44-18-5-2-6-19-44)48-33-29-42(30-34-48)47-28-27-41-15-7-8-20-46(41)39-47/h1-40H. The first kappa shape index (κ1) is 35.2. The van der Waals surface area contributed by atoms with Crippen LogP contribution in [0.5, 0.6) is 0 Å². The Labute approximate surface area is 350 Å². The second-order valence-electron chi connectivity index (χ2n) is 15.3. The van der Waals surface area contributed by atoms with Gasteiger partial charge in [-0.3, -0.25) is 0 Å². The van der Waals surface area contributed by atoms with Crippen molar-refractivity contribution in [2.75, 3.05) is 4.90 Å². The average Bonchev–Trinajstić information content (AvgIpc) is 3.66. The highest BCUT2D eigenvalue weighted by atomic mass is 15.1. The topological polar surface area (TPSA) is 8.17 Å². The van der Waals surface area contributed by atoms with Crippen molar-refractivity contribution in [3.63, 3.8) is 0 Å². The Hall–Kier alpha value is -7.94. The molecular weight excluding hydrogens is 725 g/mol. The zero-order valence-corrected chi connectivity index (χ0v) is 33.0. The highest BCUT2D eigenvalue weighted by Gasteiger charge is 2.20. The number of fused-ring (bicyclic) bond motifs is 4. The van der Waals surface area contributed by atoms with Gasteiger partial charge in [-0.1, -0.05) is 188 Å². The maximum Gasteiger partial charge on any atom is 0.0561 e. The summed E-state index contributed by atoms with van der Waals surface area (Å²) in [4.78, 5) is 2.41. The minimum atomic E-state index is 1.09. The molecule has 0 radical (unpaired) electrons. The molecule has 0 saturated carbocycles. The van der Waals surface area contributed by atoms with Crippen molar-refractivity contribution in [1.29, 1.82) is 0 Å². The average molecular weight is 765 g/mol. The summed E-state index contributed by atoms with van der Waals surface area (Å²) in [5.41, 5.74) is 16.3. The number of rotatable bonds is 8. The van der Waals surface area contributed by atoms with E-state index >= 15 is 0 Å². The van der Waals surface area contributed by atoms with Crippen LogP contribution in [0.1, 0.15) is 0 Å². The maximum atomic E-state index is 2.42. The predicted molar refractivity (Wildman–Crippen MR) is 255 cm³/mol. The van der Waals surface area contributed by atoms with Crippen LogP contribution in [0.25, 0.3) is 82.8 Å². The third-order valence-electron chi connectivity index (χ3n) is 11.8. The van der Waals surface area contributed by atoms with E-state index in [-0.39, 0.29) is 0 Å². The predicted octanol–water partition coefficient (Wildman–Crippen LogP) is 16.1. The van der Waals surface area contributed by atoms with Crippen LogP contribution in [0.3, 0.4) is 0 Å². The molecule has 1 heterocycles. The molecule has 11 rings (SSSR count). The molecule has 0 saturated heterocycles. The second-order valence-corrected chi connectivity index (χ2v) is 15.3. The van der Waals surface area contributed by atoms with Gasteiger partial charge in [0.05, 0.1) is 16.7 Å². The summed E-state index contributed by atoms with van der Waals surface area (Å²) in [6.07, 6.45) is 0. The van der Waals surface area contributed by atoms with Crippen LogP contribution in [0.15, 0.2) is 243 Å². The fourth-order valence-corrected chi connectivity index (χ4v) is 8.90. The van der Waals surface area contributed by atoms with Crippen LogP contribution in [0, 0.1) is 0 Å². The molecule has 0 N–H and O–H groups in total. The van der Waals surface area contributed by atoms with Gasteiger partial charge in [-0.25, -0.2) is 0 Å². The molecule has 11 aromatic rings. The lowest BCUT2D eigenvalue weighted by Crippen LogP contribution is -2.11. The number of para-hydroxylation sites is 2. The third-order valence-corrected chi connectivity index (χ3v) is 11.8. The third kappa shape index (κ3) is 6.32. The smallest absolute Gasteiger partial charge is 0.0561 e. The molecule has 0 bridgehead atoms. The van der Waals surface area contributed by atoms with Crippen molar-refractivity contribution in [2.45, 2.75) is 0 Å². The molecule has 282 valence electrons. The van der Waals surface area contributed by atoms with E-state index in [1.165, 1.54) is 71.6 Å². The van der Waals surface area contributed by atoms with Gasteiger partial charge in [0.2, 0.25) is 0 Å². The summed E-state index contributed by atoms with van der Waals surface area (Å²) in [5.74, 6) is 0. The molecule has 60 heavy (non-hydrogen) atoms. The lowest BCUT2D eigenvalue weighted by atomic mass is 9.94. The van der Waals surface area contributed by atoms with E-state index in [1.807, 2.05) is 0 Å². The van der Waals surface area contributed by atoms with Crippen molar-refractivity contribution >= 4 is 49.6 Å². The van der Waals surface area contributed by atoms with Gasteiger partial charge >= 0.3 is 0 Å². The van der Waals surface area contributed by atoms with Crippen molar-refractivity contribution < 1.29 is 0 Å². The number of hydrogen-bond acceptors (Lipinski definition) is 1. The lowest BCUT2D eigenvalue weighted by molar-refractivity contribution is 1.18. The molecule has 1 aromatic heterocycles. The van der Waals surface area contributed by atoms with E-state index in [0.29, 0.717) is 0 Å². The van der Waals surface area contributed by atoms with Gasteiger partial charge < -0.3 is 9.47 Å². The molecule has 2 nitrogen and oxygen atoms in total. The Morgan fingerprint density at radius 1 is 0.283 bits per heavy atom. The van der Waals surface area contributed by atoms with Crippen molar-refractivity contribution in [1.82, 2.24) is 4.57 Å². The number of nitrogens with zero attached hydrogens (tertiary/aromatic N) is 2. The number of hydrogen-bond donors (Lipinski definition) is 0. The summed E-state index contributed by atoms with van der Waals surface area (Å²) in [7, 11) is 0. The molecule has 2 heteroatoms. The zero-order valence-electron chi connectivity index (χ0n) is 33.0. The number of aromatic nitrogens is 1. The molecule has 0 aliphatic rings. The molecular formula is C58H40N2. The molecule has 0 fully saturated rings. The van der Waals surface area contributed by atoms with E-state index in [2.05, 4.69) is 252 Å². The Morgan fingerprint density at radius 3 is 1.53 bits per heavy atom. The van der Waals surface area contributed by atoms with Crippen LogP contribution >= 0.6 is 0 Å². The van der Waals surface area contributed by atoms with Gasteiger partial charge in [-0.15, -0.1) is 0 Å².